The standard InChI is InChI=1S/C26H27FN6O4/c1-14-18-11-32(25(34)37-26(3)6-7-26)12-19(15(2)35-14)22(18)36-24-17-10-31-33(23(17)29-13-30-24)21-5-4-16(9-28)8-20(21)27/h4-5,8,10,13-15,18-19,22H,6-7,11-12H2,1-3H3. The molecule has 0 spiro atoms. The van der Waals surface area contributed by atoms with Gasteiger partial charge in [-0.15, -0.1) is 0 Å². The van der Waals surface area contributed by atoms with Gasteiger partial charge >= 0.3 is 6.09 Å². The monoisotopic (exact) mass is 506 g/mol. The number of ether oxygens (including phenoxy) is 3. The summed E-state index contributed by atoms with van der Waals surface area (Å²) in [4.78, 5) is 23.4. The highest BCUT2D eigenvalue weighted by atomic mass is 19.1. The molecule has 4 unspecified atom stereocenters. The average Bonchev–Trinajstić information content (AvgIpc) is 3.44. The van der Waals surface area contributed by atoms with Crippen LogP contribution in [0.3, 0.4) is 0 Å². The van der Waals surface area contributed by atoms with Gasteiger partial charge in [-0.1, -0.05) is 0 Å². The number of aromatic nitrogens is 4. The van der Waals surface area contributed by atoms with Crippen LogP contribution in [0.1, 0.15) is 39.2 Å². The number of halogens is 1. The molecule has 4 heterocycles. The van der Waals surface area contributed by atoms with Crippen LogP contribution in [0.15, 0.2) is 30.7 Å². The van der Waals surface area contributed by atoms with Crippen molar-refractivity contribution >= 4 is 17.1 Å². The molecule has 1 aliphatic carbocycles. The van der Waals surface area contributed by atoms with Gasteiger partial charge in [-0.2, -0.15) is 10.4 Å². The van der Waals surface area contributed by atoms with Crippen molar-refractivity contribution in [1.29, 1.82) is 5.26 Å². The zero-order valence-corrected chi connectivity index (χ0v) is 20.8. The molecule has 3 aliphatic rings. The van der Waals surface area contributed by atoms with Crippen molar-refractivity contribution < 1.29 is 23.4 Å². The zero-order valence-electron chi connectivity index (χ0n) is 20.8. The Labute approximate surface area is 212 Å². The van der Waals surface area contributed by atoms with Gasteiger partial charge in [-0.05, 0) is 51.8 Å². The predicted molar refractivity (Wildman–Crippen MR) is 128 cm³/mol. The van der Waals surface area contributed by atoms with Gasteiger partial charge in [0, 0.05) is 24.9 Å². The first-order valence-electron chi connectivity index (χ1n) is 12.4. The van der Waals surface area contributed by atoms with Crippen molar-refractivity contribution in [1.82, 2.24) is 24.6 Å². The van der Waals surface area contributed by atoms with Gasteiger partial charge in [0.15, 0.2) is 5.65 Å². The highest BCUT2D eigenvalue weighted by Crippen LogP contribution is 2.42. The van der Waals surface area contributed by atoms with Gasteiger partial charge in [-0.3, -0.25) is 0 Å². The topological polar surface area (TPSA) is 115 Å². The first-order valence-corrected chi connectivity index (χ1v) is 12.4. The van der Waals surface area contributed by atoms with E-state index in [9.17, 15) is 9.18 Å². The van der Waals surface area contributed by atoms with Crippen LogP contribution in [-0.4, -0.2) is 67.7 Å². The van der Waals surface area contributed by atoms with E-state index in [-0.39, 0.29) is 53.1 Å². The van der Waals surface area contributed by atoms with E-state index in [1.165, 1.54) is 23.1 Å². The van der Waals surface area contributed by atoms with E-state index in [1.807, 2.05) is 26.8 Å². The number of hydrogen-bond acceptors (Lipinski definition) is 8. The first-order chi connectivity index (χ1) is 17.8. The molecule has 2 saturated heterocycles. The molecule has 192 valence electrons. The Morgan fingerprint density at radius 3 is 2.59 bits per heavy atom. The summed E-state index contributed by atoms with van der Waals surface area (Å²) in [5, 5.41) is 13.9. The third-order valence-corrected chi connectivity index (χ3v) is 7.77. The summed E-state index contributed by atoms with van der Waals surface area (Å²) in [6.07, 6.45) is 3.86. The maximum Gasteiger partial charge on any atom is 0.410 e. The summed E-state index contributed by atoms with van der Waals surface area (Å²) in [6, 6.07) is 6.10. The molecule has 37 heavy (non-hydrogen) atoms. The van der Waals surface area contributed by atoms with Gasteiger partial charge in [0.25, 0.3) is 0 Å². The smallest absolute Gasteiger partial charge is 0.410 e. The van der Waals surface area contributed by atoms with Crippen LogP contribution in [-0.2, 0) is 9.47 Å². The highest BCUT2D eigenvalue weighted by Gasteiger charge is 2.51. The number of amides is 1. The SMILES string of the molecule is CC1OC(C)C2CN(C(=O)OC3(C)CC3)CC1C2Oc1ncnc2c1cnn2-c1ccc(C#N)cc1F. The van der Waals surface area contributed by atoms with Crippen LogP contribution in [0.5, 0.6) is 5.88 Å². The van der Waals surface area contributed by atoms with Gasteiger partial charge in [0.2, 0.25) is 5.88 Å². The number of carbonyl (C=O) groups is 1. The van der Waals surface area contributed by atoms with Crippen LogP contribution >= 0.6 is 0 Å². The second-order valence-electron chi connectivity index (χ2n) is 10.4. The number of carbonyl (C=O) groups excluding carboxylic acids is 1. The van der Waals surface area contributed by atoms with Gasteiger partial charge in [0.1, 0.15) is 34.9 Å². The van der Waals surface area contributed by atoms with E-state index in [1.54, 1.807) is 11.1 Å². The number of benzene rings is 1. The molecule has 3 fully saturated rings. The molecule has 2 bridgehead atoms. The highest BCUT2D eigenvalue weighted by molar-refractivity contribution is 5.81. The summed E-state index contributed by atoms with van der Waals surface area (Å²) in [6.45, 7) is 6.85. The Bertz CT molecular complexity index is 1400. The summed E-state index contributed by atoms with van der Waals surface area (Å²) < 4.78 is 34.5. The molecule has 6 rings (SSSR count). The molecule has 10 nitrogen and oxygen atoms in total. The molecule has 0 radical (unpaired) electrons. The van der Waals surface area contributed by atoms with Crippen molar-refractivity contribution in [2.45, 2.75) is 57.5 Å². The fourth-order valence-electron chi connectivity index (χ4n) is 5.33. The molecule has 2 aromatic heterocycles. The van der Waals surface area contributed by atoms with Crippen molar-refractivity contribution in [3.8, 4) is 17.6 Å². The van der Waals surface area contributed by atoms with E-state index < -0.39 is 5.82 Å². The minimum Gasteiger partial charge on any atom is -0.473 e. The number of hydrogen-bond donors (Lipinski definition) is 0. The van der Waals surface area contributed by atoms with Crippen molar-refractivity contribution in [3.63, 3.8) is 0 Å². The maximum absolute atomic E-state index is 14.7. The summed E-state index contributed by atoms with van der Waals surface area (Å²) in [5.74, 6) is -0.428. The van der Waals surface area contributed by atoms with E-state index in [2.05, 4.69) is 15.1 Å². The lowest BCUT2D eigenvalue weighted by Gasteiger charge is -2.51. The van der Waals surface area contributed by atoms with Gasteiger partial charge in [-0.25, -0.2) is 23.8 Å². The Balaban J connectivity index is 1.29. The van der Waals surface area contributed by atoms with Crippen LogP contribution in [0.4, 0.5) is 9.18 Å². The summed E-state index contributed by atoms with van der Waals surface area (Å²) in [7, 11) is 0. The molecule has 0 N–H and O–H groups in total. The van der Waals surface area contributed by atoms with Crippen LogP contribution in [0.2, 0.25) is 0 Å². The van der Waals surface area contributed by atoms with Crippen molar-refractivity contribution in [2.75, 3.05) is 13.1 Å². The fraction of sp³-hybridized carbons (Fsp3) is 0.500. The second-order valence-corrected chi connectivity index (χ2v) is 10.4. The third-order valence-electron chi connectivity index (χ3n) is 7.77. The molecular weight excluding hydrogens is 479 g/mol. The Morgan fingerprint density at radius 1 is 1.22 bits per heavy atom. The zero-order chi connectivity index (χ0) is 25.9. The quantitative estimate of drug-likeness (QED) is 0.527. The molecule has 1 amide bonds. The minimum absolute atomic E-state index is 0.0921. The molecule has 2 aliphatic heterocycles. The number of rotatable bonds is 4. The predicted octanol–water partition coefficient (Wildman–Crippen LogP) is 3.62. The molecule has 1 aromatic carbocycles. The van der Waals surface area contributed by atoms with E-state index >= 15 is 0 Å². The number of nitrogens with zero attached hydrogens (tertiary/aromatic N) is 6. The maximum atomic E-state index is 14.7. The fourth-order valence-corrected chi connectivity index (χ4v) is 5.33. The van der Waals surface area contributed by atoms with Gasteiger partial charge < -0.3 is 19.1 Å². The van der Waals surface area contributed by atoms with E-state index in [4.69, 9.17) is 19.5 Å². The van der Waals surface area contributed by atoms with E-state index in [0.717, 1.165) is 18.9 Å². The van der Waals surface area contributed by atoms with Gasteiger partial charge in [0.05, 0.1) is 30.0 Å². The lowest BCUT2D eigenvalue weighted by Crippen LogP contribution is -2.63. The molecule has 3 aromatic rings. The number of piperidine rings is 1. The Morgan fingerprint density at radius 2 is 1.95 bits per heavy atom. The van der Waals surface area contributed by atoms with Crippen LogP contribution < -0.4 is 4.74 Å². The van der Waals surface area contributed by atoms with Crippen LogP contribution in [0.25, 0.3) is 16.7 Å². The summed E-state index contributed by atoms with van der Waals surface area (Å²) >= 11 is 0. The second kappa shape index (κ2) is 8.66. The molecular formula is C26H27FN6O4. The van der Waals surface area contributed by atoms with Crippen molar-refractivity contribution in [2.24, 2.45) is 11.8 Å². The van der Waals surface area contributed by atoms with E-state index in [0.29, 0.717) is 30.0 Å². The third kappa shape index (κ3) is 4.15. The van der Waals surface area contributed by atoms with Crippen LogP contribution in [0, 0.1) is 29.0 Å². The normalized spacial score (nSPS) is 28.0. The Hall–Kier alpha value is -3.78. The molecule has 4 atom stereocenters. The Kier molecular flexibility index (Phi) is 5.53. The number of likely N-dealkylation sites (tertiary alicyclic amines) is 1. The first kappa shape index (κ1) is 23.6. The summed E-state index contributed by atoms with van der Waals surface area (Å²) in [5.41, 5.74) is 0.431. The number of fused-ring (bicyclic) bond motifs is 3. The molecule has 1 saturated carbocycles. The molecule has 11 heteroatoms. The largest absolute Gasteiger partial charge is 0.473 e. The minimum atomic E-state index is -0.584. The lowest BCUT2D eigenvalue weighted by atomic mass is 9.77. The van der Waals surface area contributed by atoms with Crippen molar-refractivity contribution in [3.05, 3.63) is 42.1 Å². The average molecular weight is 507 g/mol. The number of nitriles is 1. The lowest BCUT2D eigenvalue weighted by molar-refractivity contribution is -0.180.